The average Bonchev–Trinajstić information content (AvgIpc) is 2.49. The second kappa shape index (κ2) is 7.29. The van der Waals surface area contributed by atoms with Crippen LogP contribution in [-0.4, -0.2) is 18.0 Å². The number of methoxy groups -OCH3 is 1. The summed E-state index contributed by atoms with van der Waals surface area (Å²) in [6.45, 7) is 0.387. The molecule has 1 N–H and O–H groups in total. The highest BCUT2D eigenvalue weighted by molar-refractivity contribution is 6.36. The molecule has 0 unspecified atom stereocenters. The summed E-state index contributed by atoms with van der Waals surface area (Å²) in [6, 6.07) is 8.75. The van der Waals surface area contributed by atoms with Crippen molar-refractivity contribution in [2.75, 3.05) is 7.11 Å². The molecule has 1 heterocycles. The molecule has 0 saturated carbocycles. The fourth-order valence-corrected chi connectivity index (χ4v) is 2.29. The van der Waals surface area contributed by atoms with Gasteiger partial charge in [0.25, 0.3) is 0 Å². The van der Waals surface area contributed by atoms with Crippen molar-refractivity contribution in [2.45, 2.75) is 13.0 Å². The highest BCUT2D eigenvalue weighted by Gasteiger charge is 2.10. The van der Waals surface area contributed by atoms with Gasteiger partial charge in [-0.25, -0.2) is 4.98 Å². The molecule has 0 atom stereocenters. The summed E-state index contributed by atoms with van der Waals surface area (Å²) < 4.78 is 4.97. The van der Waals surface area contributed by atoms with E-state index in [9.17, 15) is 4.79 Å². The molecule has 0 aliphatic carbocycles. The first-order valence-corrected chi connectivity index (χ1v) is 7.04. The summed E-state index contributed by atoms with van der Waals surface area (Å²) in [5.41, 5.74) is 1.51. The second-order valence-electron chi connectivity index (χ2n) is 4.36. The molecule has 21 heavy (non-hydrogen) atoms. The molecule has 0 bridgehead atoms. The lowest BCUT2D eigenvalue weighted by Gasteiger charge is -2.08. The van der Waals surface area contributed by atoms with E-state index in [1.807, 2.05) is 6.07 Å². The van der Waals surface area contributed by atoms with Crippen LogP contribution in [0, 0.1) is 0 Å². The van der Waals surface area contributed by atoms with E-state index in [1.54, 1.807) is 37.6 Å². The van der Waals surface area contributed by atoms with Crippen molar-refractivity contribution in [1.29, 1.82) is 0 Å². The summed E-state index contributed by atoms with van der Waals surface area (Å²) in [5, 5.41) is 3.78. The Labute approximate surface area is 133 Å². The van der Waals surface area contributed by atoms with Crippen LogP contribution >= 0.6 is 23.2 Å². The number of carbonyl (C=O) groups is 1. The van der Waals surface area contributed by atoms with Crippen LogP contribution in [0.25, 0.3) is 0 Å². The number of carbonyl (C=O) groups excluding carboxylic acids is 1. The zero-order valence-electron chi connectivity index (χ0n) is 11.4. The predicted octanol–water partition coefficient (Wildman–Crippen LogP) is 3.26. The number of rotatable bonds is 5. The number of hydrogen-bond acceptors (Lipinski definition) is 3. The van der Waals surface area contributed by atoms with Gasteiger partial charge in [0.1, 0.15) is 0 Å². The monoisotopic (exact) mass is 324 g/mol. The molecule has 110 valence electrons. The summed E-state index contributed by atoms with van der Waals surface area (Å²) in [5.74, 6) is 0.383. The van der Waals surface area contributed by atoms with Gasteiger partial charge >= 0.3 is 0 Å². The van der Waals surface area contributed by atoms with Crippen molar-refractivity contribution < 1.29 is 9.53 Å². The molecule has 0 fully saturated rings. The fourth-order valence-electron chi connectivity index (χ4n) is 1.76. The Kier molecular flexibility index (Phi) is 5.42. The van der Waals surface area contributed by atoms with Gasteiger partial charge in [0, 0.05) is 28.9 Å². The van der Waals surface area contributed by atoms with Crippen LogP contribution in [0.5, 0.6) is 5.88 Å². The topological polar surface area (TPSA) is 51.2 Å². The quantitative estimate of drug-likeness (QED) is 0.918. The standard InChI is InChI=1S/C15H14Cl2N2O2/c1-21-15-6-5-10(9-19-15)8-18-14(20)7-11-12(16)3-2-4-13(11)17/h2-6,9H,7-8H2,1H3,(H,18,20). The van der Waals surface area contributed by atoms with Crippen molar-refractivity contribution >= 4 is 29.1 Å². The van der Waals surface area contributed by atoms with Gasteiger partial charge in [0.05, 0.1) is 13.5 Å². The third-order valence-corrected chi connectivity index (χ3v) is 3.60. The van der Waals surface area contributed by atoms with Crippen LogP contribution in [-0.2, 0) is 17.8 Å². The number of nitrogens with zero attached hydrogens (tertiary/aromatic N) is 1. The van der Waals surface area contributed by atoms with Crippen LogP contribution in [0.3, 0.4) is 0 Å². The molecule has 1 amide bonds. The first kappa shape index (κ1) is 15.6. The molecule has 0 aliphatic rings. The van der Waals surface area contributed by atoms with E-state index in [2.05, 4.69) is 10.3 Å². The molecule has 0 spiro atoms. The van der Waals surface area contributed by atoms with Crippen LogP contribution in [0.15, 0.2) is 36.5 Å². The van der Waals surface area contributed by atoms with Crippen LogP contribution < -0.4 is 10.1 Å². The van der Waals surface area contributed by atoms with Gasteiger partial charge in [-0.05, 0) is 23.3 Å². The minimum Gasteiger partial charge on any atom is -0.481 e. The maximum absolute atomic E-state index is 11.9. The van der Waals surface area contributed by atoms with Gasteiger partial charge < -0.3 is 10.1 Å². The van der Waals surface area contributed by atoms with Crippen LogP contribution in [0.4, 0.5) is 0 Å². The Balaban J connectivity index is 1.92. The number of amides is 1. The summed E-state index contributed by atoms with van der Waals surface area (Å²) >= 11 is 12.1. The molecule has 2 aromatic rings. The number of aromatic nitrogens is 1. The fraction of sp³-hybridized carbons (Fsp3) is 0.200. The minimum absolute atomic E-state index is 0.141. The SMILES string of the molecule is COc1ccc(CNC(=O)Cc2c(Cl)cccc2Cl)cn1. The smallest absolute Gasteiger partial charge is 0.224 e. The molecule has 2 rings (SSSR count). The first-order valence-electron chi connectivity index (χ1n) is 6.28. The van der Waals surface area contributed by atoms with Crippen molar-refractivity contribution in [3.05, 3.63) is 57.7 Å². The van der Waals surface area contributed by atoms with Gasteiger partial charge in [-0.15, -0.1) is 0 Å². The first-order chi connectivity index (χ1) is 10.1. The van der Waals surface area contributed by atoms with Crippen molar-refractivity contribution in [2.24, 2.45) is 0 Å². The number of halogens is 2. The van der Waals surface area contributed by atoms with Crippen molar-refractivity contribution in [3.63, 3.8) is 0 Å². The lowest BCUT2D eigenvalue weighted by molar-refractivity contribution is -0.120. The largest absolute Gasteiger partial charge is 0.481 e. The molecule has 4 nitrogen and oxygen atoms in total. The zero-order valence-corrected chi connectivity index (χ0v) is 12.9. The summed E-state index contributed by atoms with van der Waals surface area (Å²) in [7, 11) is 1.55. The van der Waals surface area contributed by atoms with Gasteiger partial charge in [-0.1, -0.05) is 35.3 Å². The summed E-state index contributed by atoms with van der Waals surface area (Å²) in [4.78, 5) is 16.0. The lowest BCUT2D eigenvalue weighted by atomic mass is 10.1. The molecule has 6 heteroatoms. The third-order valence-electron chi connectivity index (χ3n) is 2.90. The highest BCUT2D eigenvalue weighted by Crippen LogP contribution is 2.24. The van der Waals surface area contributed by atoms with Gasteiger partial charge in [-0.3, -0.25) is 4.79 Å². The van der Waals surface area contributed by atoms with E-state index in [-0.39, 0.29) is 12.3 Å². The van der Waals surface area contributed by atoms with Gasteiger partial charge in [0.15, 0.2) is 0 Å². The molecular weight excluding hydrogens is 311 g/mol. The maximum Gasteiger partial charge on any atom is 0.224 e. The average molecular weight is 325 g/mol. The molecule has 1 aromatic carbocycles. The normalized spacial score (nSPS) is 10.2. The van der Waals surface area contributed by atoms with Gasteiger partial charge in [0.2, 0.25) is 11.8 Å². The molecule has 0 radical (unpaired) electrons. The number of hydrogen-bond donors (Lipinski definition) is 1. The molecule has 0 saturated heterocycles. The highest BCUT2D eigenvalue weighted by atomic mass is 35.5. The summed E-state index contributed by atoms with van der Waals surface area (Å²) in [6.07, 6.45) is 1.80. The molecule has 0 aliphatic heterocycles. The minimum atomic E-state index is -0.152. The molecule has 1 aromatic heterocycles. The Bertz CT molecular complexity index is 610. The van der Waals surface area contributed by atoms with E-state index < -0.39 is 0 Å². The van der Waals surface area contributed by atoms with Gasteiger partial charge in [-0.2, -0.15) is 0 Å². The third kappa shape index (κ3) is 4.34. The Morgan fingerprint density at radius 2 is 1.95 bits per heavy atom. The Morgan fingerprint density at radius 1 is 1.24 bits per heavy atom. The van der Waals surface area contributed by atoms with E-state index in [0.29, 0.717) is 28.0 Å². The van der Waals surface area contributed by atoms with Crippen LogP contribution in [0.2, 0.25) is 10.0 Å². The van der Waals surface area contributed by atoms with Crippen molar-refractivity contribution in [3.8, 4) is 5.88 Å². The van der Waals surface area contributed by atoms with E-state index in [4.69, 9.17) is 27.9 Å². The van der Waals surface area contributed by atoms with E-state index in [0.717, 1.165) is 5.56 Å². The number of benzene rings is 1. The maximum atomic E-state index is 11.9. The van der Waals surface area contributed by atoms with E-state index in [1.165, 1.54) is 0 Å². The number of nitrogens with one attached hydrogen (secondary N) is 1. The van der Waals surface area contributed by atoms with E-state index >= 15 is 0 Å². The zero-order chi connectivity index (χ0) is 15.2. The second-order valence-corrected chi connectivity index (χ2v) is 5.18. The number of pyridine rings is 1. The van der Waals surface area contributed by atoms with Crippen molar-refractivity contribution in [1.82, 2.24) is 10.3 Å². The predicted molar refractivity (Wildman–Crippen MR) is 82.8 cm³/mol. The van der Waals surface area contributed by atoms with Crippen LogP contribution in [0.1, 0.15) is 11.1 Å². The molecular formula is C15H14Cl2N2O2. The lowest BCUT2D eigenvalue weighted by Crippen LogP contribution is -2.24. The Morgan fingerprint density at radius 3 is 2.52 bits per heavy atom. The Hall–Kier alpha value is -1.78. The number of ether oxygens (including phenoxy) is 1.